The van der Waals surface area contributed by atoms with E-state index in [1.54, 1.807) is 0 Å². The molecule has 114 valence electrons. The Bertz CT molecular complexity index is 652. The summed E-state index contributed by atoms with van der Waals surface area (Å²) in [5.74, 6) is 0. The molecule has 0 aliphatic rings. The van der Waals surface area contributed by atoms with Gasteiger partial charge in [-0.1, -0.05) is 55.8 Å². The van der Waals surface area contributed by atoms with E-state index in [1.165, 1.54) is 5.56 Å². The maximum atomic E-state index is 9.22. The van der Waals surface area contributed by atoms with Crippen molar-refractivity contribution in [2.75, 3.05) is 0 Å². The van der Waals surface area contributed by atoms with Gasteiger partial charge in [0.25, 0.3) is 0 Å². The van der Waals surface area contributed by atoms with Gasteiger partial charge in [0.1, 0.15) is 0 Å². The molecule has 0 bridgehead atoms. The molecule has 0 heterocycles. The minimum atomic E-state index is -0.104. The molecule has 22 heavy (non-hydrogen) atoms. The van der Waals surface area contributed by atoms with Crippen molar-refractivity contribution in [3.63, 3.8) is 0 Å². The topological polar surface area (TPSA) is 35.8 Å². The number of nitriles is 1. The van der Waals surface area contributed by atoms with Crippen LogP contribution in [-0.2, 0) is 12.1 Å². The van der Waals surface area contributed by atoms with Crippen LogP contribution in [0.25, 0.3) is 0 Å². The van der Waals surface area contributed by atoms with Gasteiger partial charge in [0, 0.05) is 17.1 Å². The van der Waals surface area contributed by atoms with Gasteiger partial charge in [0.2, 0.25) is 0 Å². The zero-order valence-electron chi connectivity index (χ0n) is 13.1. The Balaban J connectivity index is 2.25. The highest BCUT2D eigenvalue weighted by Gasteiger charge is 2.27. The molecular weight excluding hydrogens is 292 g/mol. The van der Waals surface area contributed by atoms with Crippen molar-refractivity contribution < 1.29 is 0 Å². The first-order valence-electron chi connectivity index (χ1n) is 7.64. The second-order valence-electron chi connectivity index (χ2n) is 5.42. The second kappa shape index (κ2) is 7.45. The Hall–Kier alpha value is -1.82. The van der Waals surface area contributed by atoms with E-state index in [4.69, 9.17) is 11.6 Å². The van der Waals surface area contributed by atoms with Crippen LogP contribution in [0.5, 0.6) is 0 Å². The van der Waals surface area contributed by atoms with Crippen molar-refractivity contribution >= 4 is 11.6 Å². The van der Waals surface area contributed by atoms with Crippen LogP contribution in [0.3, 0.4) is 0 Å². The van der Waals surface area contributed by atoms with E-state index < -0.39 is 0 Å². The molecule has 3 heteroatoms. The van der Waals surface area contributed by atoms with Crippen molar-refractivity contribution in [3.8, 4) is 6.07 Å². The standard InChI is InChI=1S/C19H21ClN2/c1-3-19(4-2,17-9-11-18(20)12-10-17)22-14-16-8-6-5-7-15(16)13-21/h5-12,22H,3-4,14H2,1-2H3. The molecule has 0 saturated carbocycles. The van der Waals surface area contributed by atoms with Crippen molar-refractivity contribution in [2.24, 2.45) is 0 Å². The lowest BCUT2D eigenvalue weighted by molar-refractivity contribution is 0.305. The van der Waals surface area contributed by atoms with E-state index in [-0.39, 0.29) is 5.54 Å². The lowest BCUT2D eigenvalue weighted by atomic mass is 9.84. The summed E-state index contributed by atoms with van der Waals surface area (Å²) in [6.07, 6.45) is 1.94. The minimum Gasteiger partial charge on any atom is -0.303 e. The Morgan fingerprint density at radius 2 is 1.68 bits per heavy atom. The summed E-state index contributed by atoms with van der Waals surface area (Å²) in [6.45, 7) is 5.04. The van der Waals surface area contributed by atoms with Gasteiger partial charge in [-0.3, -0.25) is 0 Å². The molecule has 0 fully saturated rings. The fourth-order valence-corrected chi connectivity index (χ4v) is 2.95. The van der Waals surface area contributed by atoms with Crippen LogP contribution in [0.15, 0.2) is 48.5 Å². The predicted molar refractivity (Wildman–Crippen MR) is 91.7 cm³/mol. The summed E-state index contributed by atoms with van der Waals surface area (Å²) in [5, 5.41) is 13.6. The van der Waals surface area contributed by atoms with Gasteiger partial charge < -0.3 is 5.32 Å². The van der Waals surface area contributed by atoms with E-state index in [2.05, 4.69) is 37.4 Å². The molecule has 2 aromatic rings. The third-order valence-electron chi connectivity index (χ3n) is 4.36. The van der Waals surface area contributed by atoms with Crippen molar-refractivity contribution in [1.29, 1.82) is 5.26 Å². The van der Waals surface area contributed by atoms with Crippen LogP contribution in [0, 0.1) is 11.3 Å². The number of halogens is 1. The second-order valence-corrected chi connectivity index (χ2v) is 5.86. The maximum absolute atomic E-state index is 9.22. The molecular formula is C19H21ClN2. The smallest absolute Gasteiger partial charge is 0.0995 e. The highest BCUT2D eigenvalue weighted by Crippen LogP contribution is 2.30. The fraction of sp³-hybridized carbons (Fsp3) is 0.316. The summed E-state index contributed by atoms with van der Waals surface area (Å²) >= 11 is 6.00. The first kappa shape index (κ1) is 16.5. The van der Waals surface area contributed by atoms with Gasteiger partial charge in [0.15, 0.2) is 0 Å². The Labute approximate surface area is 137 Å². The minimum absolute atomic E-state index is 0.104. The molecule has 0 atom stereocenters. The van der Waals surface area contributed by atoms with Crippen LogP contribution in [-0.4, -0.2) is 0 Å². The summed E-state index contributed by atoms with van der Waals surface area (Å²) in [7, 11) is 0. The lowest BCUT2D eigenvalue weighted by Crippen LogP contribution is -2.41. The molecule has 0 aromatic heterocycles. The predicted octanol–water partition coefficient (Wildman–Crippen LogP) is 5.02. The van der Waals surface area contributed by atoms with Crippen molar-refractivity contribution in [3.05, 3.63) is 70.2 Å². The first-order valence-corrected chi connectivity index (χ1v) is 8.02. The van der Waals surface area contributed by atoms with Gasteiger partial charge in [-0.2, -0.15) is 5.26 Å². The number of nitrogens with zero attached hydrogens (tertiary/aromatic N) is 1. The molecule has 0 aliphatic heterocycles. The van der Waals surface area contributed by atoms with Crippen molar-refractivity contribution in [2.45, 2.75) is 38.8 Å². The Morgan fingerprint density at radius 3 is 2.27 bits per heavy atom. The molecule has 0 radical (unpaired) electrons. The molecule has 1 N–H and O–H groups in total. The average Bonchev–Trinajstić information content (AvgIpc) is 2.58. The van der Waals surface area contributed by atoms with E-state index in [9.17, 15) is 5.26 Å². The average molecular weight is 313 g/mol. The number of rotatable bonds is 6. The zero-order chi connectivity index (χ0) is 16.0. The third kappa shape index (κ3) is 3.50. The molecule has 2 nitrogen and oxygen atoms in total. The fourth-order valence-electron chi connectivity index (χ4n) is 2.83. The van der Waals surface area contributed by atoms with Gasteiger partial charge in [-0.05, 0) is 42.2 Å². The number of nitrogens with one attached hydrogen (secondary N) is 1. The van der Waals surface area contributed by atoms with Crippen LogP contribution < -0.4 is 5.32 Å². The van der Waals surface area contributed by atoms with Gasteiger partial charge in [0.05, 0.1) is 11.6 Å². The van der Waals surface area contributed by atoms with Gasteiger partial charge >= 0.3 is 0 Å². The monoisotopic (exact) mass is 312 g/mol. The number of hydrogen-bond donors (Lipinski definition) is 1. The lowest BCUT2D eigenvalue weighted by Gasteiger charge is -2.34. The van der Waals surface area contributed by atoms with E-state index >= 15 is 0 Å². The van der Waals surface area contributed by atoms with Crippen LogP contribution in [0.2, 0.25) is 5.02 Å². The first-order chi connectivity index (χ1) is 10.6. The highest BCUT2D eigenvalue weighted by molar-refractivity contribution is 6.30. The largest absolute Gasteiger partial charge is 0.303 e. The molecule has 0 aliphatic carbocycles. The molecule has 0 spiro atoms. The zero-order valence-corrected chi connectivity index (χ0v) is 13.8. The van der Waals surface area contributed by atoms with Crippen LogP contribution in [0.1, 0.15) is 43.4 Å². The molecule has 0 amide bonds. The van der Waals surface area contributed by atoms with E-state index in [0.29, 0.717) is 6.54 Å². The molecule has 0 unspecified atom stereocenters. The van der Waals surface area contributed by atoms with Gasteiger partial charge in [-0.25, -0.2) is 0 Å². The summed E-state index contributed by atoms with van der Waals surface area (Å²) in [6, 6.07) is 18.0. The summed E-state index contributed by atoms with van der Waals surface area (Å²) in [5.41, 5.74) is 2.89. The number of hydrogen-bond acceptors (Lipinski definition) is 2. The van der Waals surface area contributed by atoms with Crippen LogP contribution in [0.4, 0.5) is 0 Å². The summed E-state index contributed by atoms with van der Waals surface area (Å²) in [4.78, 5) is 0. The van der Waals surface area contributed by atoms with Gasteiger partial charge in [-0.15, -0.1) is 0 Å². The molecule has 2 rings (SSSR count). The molecule has 0 saturated heterocycles. The normalized spacial score (nSPS) is 11.2. The Morgan fingerprint density at radius 1 is 1.05 bits per heavy atom. The number of benzene rings is 2. The molecule has 2 aromatic carbocycles. The van der Waals surface area contributed by atoms with Crippen molar-refractivity contribution in [1.82, 2.24) is 5.32 Å². The third-order valence-corrected chi connectivity index (χ3v) is 4.61. The Kier molecular flexibility index (Phi) is 5.60. The maximum Gasteiger partial charge on any atom is 0.0995 e. The van der Waals surface area contributed by atoms with Crippen LogP contribution >= 0.6 is 11.6 Å². The van der Waals surface area contributed by atoms with E-state index in [0.717, 1.165) is 29.0 Å². The highest BCUT2D eigenvalue weighted by atomic mass is 35.5. The quantitative estimate of drug-likeness (QED) is 0.813. The van der Waals surface area contributed by atoms with E-state index in [1.807, 2.05) is 36.4 Å². The SMILES string of the molecule is CCC(CC)(NCc1ccccc1C#N)c1ccc(Cl)cc1. The summed E-state index contributed by atoms with van der Waals surface area (Å²) < 4.78 is 0.